The van der Waals surface area contributed by atoms with Crippen LogP contribution < -0.4 is 0 Å². The third-order valence-corrected chi connectivity index (χ3v) is 8.55. The molecule has 0 spiro atoms. The standard InChI is InChI=1S/C16H30N2OS2.4C2H6/c1-13-5-6-15(16(3,4)21-20-12-13)11-17-7-9-18(10-8-17)14(2)19;4*1-2/h13,15H,5-12H2,1-4H3;4*1-2H3/t13?,15-;;;;/m1..../s1. The molecule has 0 bridgehead atoms. The van der Waals surface area contributed by atoms with Crippen LogP contribution in [0.4, 0.5) is 0 Å². The number of amides is 1. The average molecular weight is 451 g/mol. The Labute approximate surface area is 192 Å². The molecule has 2 atom stereocenters. The highest BCUT2D eigenvalue weighted by Crippen LogP contribution is 2.46. The molecule has 0 aromatic rings. The first-order chi connectivity index (χ1) is 13.9. The van der Waals surface area contributed by atoms with Crippen LogP contribution in [-0.4, -0.2) is 58.9 Å². The van der Waals surface area contributed by atoms with Crippen molar-refractivity contribution < 1.29 is 4.79 Å². The number of hydrogen-bond acceptors (Lipinski definition) is 4. The van der Waals surface area contributed by atoms with Gasteiger partial charge in [0, 0.05) is 50.1 Å². The minimum absolute atomic E-state index is 0.224. The molecule has 2 rings (SSSR count). The van der Waals surface area contributed by atoms with Crippen LogP contribution in [-0.2, 0) is 4.79 Å². The van der Waals surface area contributed by atoms with Crippen LogP contribution in [0, 0.1) is 11.8 Å². The van der Waals surface area contributed by atoms with Crippen LogP contribution in [0.2, 0.25) is 0 Å². The first-order valence-corrected chi connectivity index (χ1v) is 14.5. The molecule has 2 fully saturated rings. The number of piperazine rings is 1. The number of carbonyl (C=O) groups is 1. The van der Waals surface area contributed by atoms with Crippen molar-refractivity contribution in [3.05, 3.63) is 0 Å². The van der Waals surface area contributed by atoms with E-state index in [4.69, 9.17) is 0 Å². The van der Waals surface area contributed by atoms with Gasteiger partial charge in [-0.3, -0.25) is 9.69 Å². The summed E-state index contributed by atoms with van der Waals surface area (Å²) in [5, 5.41) is 0. The molecule has 1 amide bonds. The molecular weight excluding hydrogens is 396 g/mol. The van der Waals surface area contributed by atoms with E-state index in [0.717, 1.165) is 38.0 Å². The second kappa shape index (κ2) is 21.4. The van der Waals surface area contributed by atoms with E-state index in [1.54, 1.807) is 6.92 Å². The fraction of sp³-hybridized carbons (Fsp3) is 0.958. The second-order valence-corrected chi connectivity index (χ2v) is 10.2. The molecule has 2 heterocycles. The molecule has 5 heteroatoms. The summed E-state index contributed by atoms with van der Waals surface area (Å²) in [4.78, 5) is 16.0. The number of nitrogens with zero attached hydrogens (tertiary/aromatic N) is 2. The molecule has 2 aliphatic rings. The molecule has 2 saturated heterocycles. The van der Waals surface area contributed by atoms with Crippen LogP contribution >= 0.6 is 21.6 Å². The van der Waals surface area contributed by atoms with Crippen molar-refractivity contribution in [2.45, 2.75) is 101 Å². The lowest BCUT2D eigenvalue weighted by Gasteiger charge is -2.41. The van der Waals surface area contributed by atoms with Gasteiger partial charge in [0.25, 0.3) is 0 Å². The second-order valence-electron chi connectivity index (χ2n) is 7.16. The maximum Gasteiger partial charge on any atom is 0.219 e. The van der Waals surface area contributed by atoms with Gasteiger partial charge in [-0.05, 0) is 38.5 Å². The highest BCUT2D eigenvalue weighted by atomic mass is 33.1. The molecule has 0 N–H and O–H groups in total. The Bertz CT molecular complexity index is 357. The van der Waals surface area contributed by atoms with Gasteiger partial charge in [-0.1, -0.05) is 83.9 Å². The highest BCUT2D eigenvalue weighted by molar-refractivity contribution is 8.77. The molecule has 178 valence electrons. The van der Waals surface area contributed by atoms with Crippen LogP contribution in [0.15, 0.2) is 0 Å². The maximum absolute atomic E-state index is 11.4. The normalized spacial score (nSPS) is 23.7. The maximum atomic E-state index is 11.4. The first-order valence-electron chi connectivity index (χ1n) is 12.2. The Morgan fingerprint density at radius 2 is 1.38 bits per heavy atom. The molecule has 0 radical (unpaired) electrons. The van der Waals surface area contributed by atoms with E-state index in [0.29, 0.717) is 4.75 Å². The molecule has 3 nitrogen and oxygen atoms in total. The lowest BCUT2D eigenvalue weighted by atomic mass is 9.87. The molecule has 1 unspecified atom stereocenters. The van der Waals surface area contributed by atoms with Crippen LogP contribution in [0.3, 0.4) is 0 Å². The summed E-state index contributed by atoms with van der Waals surface area (Å²) in [5.74, 6) is 3.11. The zero-order valence-corrected chi connectivity index (χ0v) is 23.6. The van der Waals surface area contributed by atoms with Gasteiger partial charge in [-0.25, -0.2) is 0 Å². The lowest BCUT2D eigenvalue weighted by Crippen LogP contribution is -2.50. The molecular formula is C24H54N2OS2. The zero-order valence-electron chi connectivity index (χ0n) is 21.9. The van der Waals surface area contributed by atoms with Crippen molar-refractivity contribution in [2.75, 3.05) is 38.5 Å². The van der Waals surface area contributed by atoms with Gasteiger partial charge in [0.15, 0.2) is 0 Å². The van der Waals surface area contributed by atoms with Gasteiger partial charge in [0.05, 0.1) is 0 Å². The van der Waals surface area contributed by atoms with E-state index in [1.807, 2.05) is 60.3 Å². The van der Waals surface area contributed by atoms with E-state index < -0.39 is 0 Å². The van der Waals surface area contributed by atoms with Crippen LogP contribution in [0.5, 0.6) is 0 Å². The van der Waals surface area contributed by atoms with Crippen molar-refractivity contribution in [1.82, 2.24) is 9.80 Å². The third kappa shape index (κ3) is 14.7. The average Bonchev–Trinajstić information content (AvgIpc) is 2.76. The monoisotopic (exact) mass is 450 g/mol. The van der Waals surface area contributed by atoms with E-state index in [1.165, 1.54) is 25.1 Å². The van der Waals surface area contributed by atoms with Crippen molar-refractivity contribution in [3.63, 3.8) is 0 Å². The largest absolute Gasteiger partial charge is 0.340 e. The van der Waals surface area contributed by atoms with E-state index in [9.17, 15) is 4.79 Å². The van der Waals surface area contributed by atoms with Crippen molar-refractivity contribution in [3.8, 4) is 0 Å². The SMILES string of the molecule is CC.CC.CC.CC.CC(=O)N1CCN(C[C@H]2CCC(C)CSSC2(C)C)CC1. The van der Waals surface area contributed by atoms with Gasteiger partial charge in [-0.2, -0.15) is 0 Å². The van der Waals surface area contributed by atoms with Gasteiger partial charge < -0.3 is 4.90 Å². The Morgan fingerprint density at radius 1 is 0.897 bits per heavy atom. The number of carbonyl (C=O) groups excluding carboxylic acids is 1. The minimum atomic E-state index is 0.224. The molecule has 0 aromatic heterocycles. The summed E-state index contributed by atoms with van der Waals surface area (Å²) in [5.41, 5.74) is 0. The lowest BCUT2D eigenvalue weighted by molar-refractivity contribution is -0.130. The number of hydrogen-bond donors (Lipinski definition) is 0. The Balaban J connectivity index is -0.000000754. The van der Waals surface area contributed by atoms with E-state index >= 15 is 0 Å². The summed E-state index contributed by atoms with van der Waals surface area (Å²) in [7, 11) is 4.15. The topological polar surface area (TPSA) is 23.6 Å². The fourth-order valence-corrected chi connectivity index (χ4v) is 6.47. The van der Waals surface area contributed by atoms with Crippen molar-refractivity contribution >= 4 is 27.5 Å². The molecule has 29 heavy (non-hydrogen) atoms. The van der Waals surface area contributed by atoms with Gasteiger partial charge in [-0.15, -0.1) is 0 Å². The van der Waals surface area contributed by atoms with Gasteiger partial charge >= 0.3 is 0 Å². The number of rotatable bonds is 2. The zero-order chi connectivity index (χ0) is 23.5. The smallest absolute Gasteiger partial charge is 0.219 e. The van der Waals surface area contributed by atoms with Crippen molar-refractivity contribution in [1.29, 1.82) is 0 Å². The summed E-state index contributed by atoms with van der Waals surface area (Å²) < 4.78 is 0.350. The van der Waals surface area contributed by atoms with E-state index in [-0.39, 0.29) is 5.91 Å². The third-order valence-electron chi connectivity index (χ3n) is 4.91. The van der Waals surface area contributed by atoms with Crippen molar-refractivity contribution in [2.24, 2.45) is 11.8 Å². The summed E-state index contributed by atoms with van der Waals surface area (Å²) in [6, 6.07) is 0. The van der Waals surface area contributed by atoms with Crippen LogP contribution in [0.25, 0.3) is 0 Å². The highest BCUT2D eigenvalue weighted by Gasteiger charge is 2.34. The summed E-state index contributed by atoms with van der Waals surface area (Å²) in [6.07, 6.45) is 2.70. The predicted octanol–water partition coefficient (Wildman–Crippen LogP) is 7.46. The Morgan fingerprint density at radius 3 is 1.83 bits per heavy atom. The minimum Gasteiger partial charge on any atom is -0.340 e. The molecule has 0 saturated carbocycles. The summed E-state index contributed by atoms with van der Waals surface area (Å²) >= 11 is 0. The molecule has 0 aromatic carbocycles. The quantitative estimate of drug-likeness (QED) is 0.407. The van der Waals surface area contributed by atoms with Gasteiger partial charge in [0.1, 0.15) is 0 Å². The molecule has 2 aliphatic heterocycles. The Hall–Kier alpha value is 0.130. The van der Waals surface area contributed by atoms with Crippen LogP contribution in [0.1, 0.15) is 95.9 Å². The first kappa shape index (κ1) is 33.8. The predicted molar refractivity (Wildman–Crippen MR) is 140 cm³/mol. The Kier molecular flexibility index (Phi) is 24.9. The fourth-order valence-electron chi connectivity index (χ4n) is 3.15. The van der Waals surface area contributed by atoms with E-state index in [2.05, 4.69) is 47.3 Å². The van der Waals surface area contributed by atoms with Gasteiger partial charge in [0.2, 0.25) is 5.91 Å². The molecule has 0 aliphatic carbocycles. The summed E-state index contributed by atoms with van der Waals surface area (Å²) in [6.45, 7) is 30.0.